The molecule has 2 N–H and O–H groups in total. The highest BCUT2D eigenvalue weighted by Gasteiger charge is 2.16. The van der Waals surface area contributed by atoms with E-state index in [1.54, 1.807) is 61.7 Å². The van der Waals surface area contributed by atoms with Gasteiger partial charge in [-0.2, -0.15) is 0 Å². The Kier molecular flexibility index (Phi) is 6.24. The molecule has 0 aliphatic rings. The third kappa shape index (κ3) is 4.57. The smallest absolute Gasteiger partial charge is 0.272 e. The van der Waals surface area contributed by atoms with Crippen molar-refractivity contribution in [1.82, 2.24) is 9.88 Å². The molecule has 0 fully saturated rings. The lowest BCUT2D eigenvalue weighted by atomic mass is 10.1. The second-order valence-corrected chi connectivity index (χ2v) is 8.42. The Bertz CT molecular complexity index is 1620. The maximum atomic E-state index is 13.3. The van der Waals surface area contributed by atoms with Crippen molar-refractivity contribution in [1.29, 1.82) is 0 Å². The zero-order chi connectivity index (χ0) is 25.1. The number of ether oxygens (including phenoxy) is 1. The number of fused-ring (bicyclic) bond motifs is 3. The van der Waals surface area contributed by atoms with Crippen molar-refractivity contribution in [2.45, 2.75) is 0 Å². The van der Waals surface area contributed by atoms with Gasteiger partial charge in [-0.05, 0) is 54.1 Å². The van der Waals surface area contributed by atoms with Gasteiger partial charge in [-0.25, -0.2) is 0 Å². The van der Waals surface area contributed by atoms with Gasteiger partial charge in [0.2, 0.25) is 0 Å². The fraction of sp³-hybridized carbons (Fsp3) is 0.0667. The SMILES string of the molecule is COc1cccc(NC(=O)/C(=C\c2ccc3c(c2)c2ccccc2n3C)NC(=O)c2ccccc2)c1. The van der Waals surface area contributed by atoms with Crippen LogP contribution in [0.3, 0.4) is 0 Å². The number of carbonyl (C=O) groups is 2. The number of nitrogens with one attached hydrogen (secondary N) is 2. The first-order chi connectivity index (χ1) is 17.5. The molecule has 1 aromatic heterocycles. The van der Waals surface area contributed by atoms with Crippen molar-refractivity contribution in [2.24, 2.45) is 7.05 Å². The second kappa shape index (κ2) is 9.80. The minimum Gasteiger partial charge on any atom is -0.497 e. The van der Waals surface area contributed by atoms with Gasteiger partial charge in [0.1, 0.15) is 11.4 Å². The van der Waals surface area contributed by atoms with Crippen LogP contribution in [0.25, 0.3) is 27.9 Å². The maximum absolute atomic E-state index is 13.3. The summed E-state index contributed by atoms with van der Waals surface area (Å²) < 4.78 is 7.40. The van der Waals surface area contributed by atoms with Crippen LogP contribution in [-0.4, -0.2) is 23.5 Å². The molecule has 5 rings (SSSR count). The molecular formula is C30H25N3O3. The van der Waals surface area contributed by atoms with Crippen LogP contribution in [0.1, 0.15) is 15.9 Å². The Morgan fingerprint density at radius 3 is 2.36 bits per heavy atom. The van der Waals surface area contributed by atoms with E-state index in [1.165, 1.54) is 0 Å². The number of para-hydroxylation sites is 1. The quantitative estimate of drug-likeness (QED) is 0.307. The number of aromatic nitrogens is 1. The summed E-state index contributed by atoms with van der Waals surface area (Å²) in [5.41, 5.74) is 4.16. The molecule has 0 aliphatic carbocycles. The minimum absolute atomic E-state index is 0.131. The van der Waals surface area contributed by atoms with E-state index in [0.717, 1.165) is 27.4 Å². The predicted octanol–water partition coefficient (Wildman–Crippen LogP) is 5.75. The number of hydrogen-bond acceptors (Lipinski definition) is 3. The first kappa shape index (κ1) is 22.9. The first-order valence-electron chi connectivity index (χ1n) is 11.5. The largest absolute Gasteiger partial charge is 0.497 e. The van der Waals surface area contributed by atoms with Crippen LogP contribution in [0.4, 0.5) is 5.69 Å². The molecule has 36 heavy (non-hydrogen) atoms. The summed E-state index contributed by atoms with van der Waals surface area (Å²) in [6.45, 7) is 0. The van der Waals surface area contributed by atoms with Gasteiger partial charge in [0.05, 0.1) is 7.11 Å². The van der Waals surface area contributed by atoms with Gasteiger partial charge >= 0.3 is 0 Å². The second-order valence-electron chi connectivity index (χ2n) is 8.42. The van der Waals surface area contributed by atoms with Crippen LogP contribution in [0.15, 0.2) is 103 Å². The molecule has 2 amide bonds. The highest BCUT2D eigenvalue weighted by atomic mass is 16.5. The van der Waals surface area contributed by atoms with Gasteiger partial charge in [-0.1, -0.05) is 48.5 Å². The lowest BCUT2D eigenvalue weighted by Gasteiger charge is -2.12. The number of nitrogens with zero attached hydrogens (tertiary/aromatic N) is 1. The molecule has 4 aromatic carbocycles. The summed E-state index contributed by atoms with van der Waals surface area (Å²) in [5, 5.41) is 7.85. The average Bonchev–Trinajstić information content (AvgIpc) is 3.20. The molecule has 0 spiro atoms. The third-order valence-electron chi connectivity index (χ3n) is 6.10. The van der Waals surface area contributed by atoms with Gasteiger partial charge < -0.3 is 19.9 Å². The Hall–Kier alpha value is -4.84. The Morgan fingerprint density at radius 2 is 1.56 bits per heavy atom. The summed E-state index contributed by atoms with van der Waals surface area (Å²) in [6.07, 6.45) is 1.69. The molecule has 0 radical (unpaired) electrons. The Morgan fingerprint density at radius 1 is 0.806 bits per heavy atom. The number of hydrogen-bond donors (Lipinski definition) is 2. The summed E-state index contributed by atoms with van der Waals surface area (Å²) in [6, 6.07) is 30.1. The summed E-state index contributed by atoms with van der Waals surface area (Å²) in [4.78, 5) is 26.3. The summed E-state index contributed by atoms with van der Waals surface area (Å²) >= 11 is 0. The van der Waals surface area contributed by atoms with E-state index in [1.807, 2.05) is 43.4 Å². The van der Waals surface area contributed by atoms with Crippen molar-refractivity contribution < 1.29 is 14.3 Å². The molecular weight excluding hydrogens is 450 g/mol. The van der Waals surface area contributed by atoms with E-state index in [4.69, 9.17) is 4.74 Å². The third-order valence-corrected chi connectivity index (χ3v) is 6.10. The lowest BCUT2D eigenvalue weighted by molar-refractivity contribution is -0.113. The van der Waals surface area contributed by atoms with Gasteiger partial charge in [0.15, 0.2) is 0 Å². The Balaban J connectivity index is 1.54. The number of rotatable bonds is 6. The van der Waals surface area contributed by atoms with E-state index < -0.39 is 5.91 Å². The van der Waals surface area contributed by atoms with Crippen molar-refractivity contribution >= 4 is 45.4 Å². The molecule has 1 heterocycles. The number of carbonyl (C=O) groups excluding carboxylic acids is 2. The predicted molar refractivity (Wildman–Crippen MR) is 144 cm³/mol. The standard InChI is InChI=1S/C30H25N3O3/c1-33-27-14-7-6-13-24(27)25-17-20(15-16-28(25)33)18-26(32-29(34)21-9-4-3-5-10-21)30(35)31-22-11-8-12-23(19-22)36-2/h3-19H,1-2H3,(H,31,35)(H,32,34)/b26-18+. The van der Waals surface area contributed by atoms with E-state index in [2.05, 4.69) is 27.3 Å². The van der Waals surface area contributed by atoms with Gasteiger partial charge in [0.25, 0.3) is 11.8 Å². The number of amides is 2. The molecule has 0 bridgehead atoms. The summed E-state index contributed by atoms with van der Waals surface area (Å²) in [5.74, 6) is -0.188. The molecule has 0 atom stereocenters. The van der Waals surface area contributed by atoms with Crippen LogP contribution < -0.4 is 15.4 Å². The highest BCUT2D eigenvalue weighted by molar-refractivity contribution is 6.12. The topological polar surface area (TPSA) is 72.4 Å². The molecule has 178 valence electrons. The number of aryl methyl sites for hydroxylation is 1. The summed E-state index contributed by atoms with van der Waals surface area (Å²) in [7, 11) is 3.60. The van der Waals surface area contributed by atoms with Crippen molar-refractivity contribution in [3.8, 4) is 5.75 Å². The fourth-order valence-electron chi connectivity index (χ4n) is 4.28. The van der Waals surface area contributed by atoms with E-state index >= 15 is 0 Å². The average molecular weight is 476 g/mol. The normalized spacial score (nSPS) is 11.4. The number of anilines is 1. The minimum atomic E-state index is -0.439. The first-order valence-corrected chi connectivity index (χ1v) is 11.5. The monoisotopic (exact) mass is 475 g/mol. The van der Waals surface area contributed by atoms with Gasteiger partial charge in [-0.3, -0.25) is 9.59 Å². The molecule has 5 aromatic rings. The van der Waals surface area contributed by atoms with Gasteiger partial charge in [-0.15, -0.1) is 0 Å². The Labute approximate surface area is 208 Å². The molecule has 0 saturated heterocycles. The lowest BCUT2D eigenvalue weighted by Crippen LogP contribution is -2.30. The molecule has 6 heteroatoms. The van der Waals surface area contributed by atoms with Crippen molar-refractivity contribution in [3.05, 3.63) is 114 Å². The van der Waals surface area contributed by atoms with Crippen molar-refractivity contribution in [3.63, 3.8) is 0 Å². The highest BCUT2D eigenvalue weighted by Crippen LogP contribution is 2.29. The van der Waals surface area contributed by atoms with Crippen LogP contribution in [0.2, 0.25) is 0 Å². The fourth-order valence-corrected chi connectivity index (χ4v) is 4.28. The van der Waals surface area contributed by atoms with E-state index in [-0.39, 0.29) is 11.6 Å². The number of benzene rings is 4. The van der Waals surface area contributed by atoms with Crippen LogP contribution in [0, 0.1) is 0 Å². The van der Waals surface area contributed by atoms with E-state index in [9.17, 15) is 9.59 Å². The van der Waals surface area contributed by atoms with Gasteiger partial charge in [0, 0.05) is 46.2 Å². The molecule has 0 aliphatic heterocycles. The zero-order valence-corrected chi connectivity index (χ0v) is 20.0. The maximum Gasteiger partial charge on any atom is 0.272 e. The molecule has 0 saturated carbocycles. The zero-order valence-electron chi connectivity index (χ0n) is 20.0. The molecule has 0 unspecified atom stereocenters. The van der Waals surface area contributed by atoms with Crippen LogP contribution in [-0.2, 0) is 11.8 Å². The number of methoxy groups -OCH3 is 1. The van der Waals surface area contributed by atoms with Crippen LogP contribution in [0.5, 0.6) is 5.75 Å². The van der Waals surface area contributed by atoms with Crippen molar-refractivity contribution in [2.75, 3.05) is 12.4 Å². The van der Waals surface area contributed by atoms with Crippen LogP contribution >= 0.6 is 0 Å². The molecule has 6 nitrogen and oxygen atoms in total. The van der Waals surface area contributed by atoms with E-state index in [0.29, 0.717) is 17.0 Å².